The topological polar surface area (TPSA) is 49.4 Å². The zero-order valence-corrected chi connectivity index (χ0v) is 14.9. The molecule has 0 aliphatic carbocycles. The molecule has 2 amide bonds. The summed E-state index contributed by atoms with van der Waals surface area (Å²) in [7, 11) is 0. The van der Waals surface area contributed by atoms with Gasteiger partial charge in [-0.1, -0.05) is 12.1 Å². The molecule has 3 rings (SSSR count). The largest absolute Gasteiger partial charge is 0.348 e. The van der Waals surface area contributed by atoms with Crippen LogP contribution in [0.1, 0.15) is 40.7 Å². The molecule has 0 atom stereocenters. The van der Waals surface area contributed by atoms with Crippen LogP contribution in [0.15, 0.2) is 47.2 Å². The number of thiophene rings is 1. The Bertz CT molecular complexity index is 747. The lowest BCUT2D eigenvalue weighted by molar-refractivity contribution is -0.116. The molecule has 0 spiro atoms. The Kier molecular flexibility index (Phi) is 6.01. The van der Waals surface area contributed by atoms with Crippen molar-refractivity contribution >= 4 is 29.2 Å². The first-order valence-corrected chi connectivity index (χ1v) is 9.53. The third kappa shape index (κ3) is 5.03. The number of likely N-dealkylation sites (tertiary alicyclic amines) is 1. The first-order valence-electron chi connectivity index (χ1n) is 8.59. The van der Waals surface area contributed by atoms with Gasteiger partial charge in [-0.3, -0.25) is 9.59 Å². The molecule has 5 heteroatoms. The number of benzene rings is 1. The fourth-order valence-electron chi connectivity index (χ4n) is 2.88. The summed E-state index contributed by atoms with van der Waals surface area (Å²) in [6.07, 6.45) is 6.69. The minimum atomic E-state index is -0.140. The molecule has 4 nitrogen and oxygen atoms in total. The van der Waals surface area contributed by atoms with E-state index in [4.69, 9.17) is 0 Å². The van der Waals surface area contributed by atoms with Crippen molar-refractivity contribution < 1.29 is 9.59 Å². The minimum Gasteiger partial charge on any atom is -0.348 e. The zero-order valence-electron chi connectivity index (χ0n) is 14.1. The Labute approximate surface area is 152 Å². The normalized spacial score (nSPS) is 14.6. The lowest BCUT2D eigenvalue weighted by atomic mass is 10.1. The third-order valence-electron chi connectivity index (χ3n) is 4.25. The zero-order chi connectivity index (χ0) is 17.5. The summed E-state index contributed by atoms with van der Waals surface area (Å²) in [5, 5.41) is 6.82. The third-order valence-corrected chi connectivity index (χ3v) is 4.96. The number of carbonyl (C=O) groups is 2. The molecular formula is C20H22N2O2S. The van der Waals surface area contributed by atoms with Crippen molar-refractivity contribution in [3.63, 3.8) is 0 Å². The van der Waals surface area contributed by atoms with Crippen LogP contribution in [-0.2, 0) is 11.3 Å². The molecule has 25 heavy (non-hydrogen) atoms. The average molecular weight is 354 g/mol. The van der Waals surface area contributed by atoms with Crippen molar-refractivity contribution in [2.45, 2.75) is 25.8 Å². The Balaban J connectivity index is 1.56. The van der Waals surface area contributed by atoms with E-state index in [0.717, 1.165) is 37.1 Å². The second kappa shape index (κ2) is 8.62. The van der Waals surface area contributed by atoms with Crippen LogP contribution in [0.5, 0.6) is 0 Å². The highest BCUT2D eigenvalue weighted by atomic mass is 32.1. The van der Waals surface area contributed by atoms with E-state index in [9.17, 15) is 9.59 Å². The molecule has 2 aromatic rings. The van der Waals surface area contributed by atoms with Crippen molar-refractivity contribution in [2.24, 2.45) is 0 Å². The van der Waals surface area contributed by atoms with Gasteiger partial charge >= 0.3 is 0 Å². The Morgan fingerprint density at radius 3 is 2.76 bits per heavy atom. The number of amides is 2. The maximum atomic E-state index is 12.6. The number of hydrogen-bond donors (Lipinski definition) is 1. The first-order chi connectivity index (χ1) is 12.2. The van der Waals surface area contributed by atoms with Gasteiger partial charge in [0.2, 0.25) is 5.91 Å². The highest BCUT2D eigenvalue weighted by molar-refractivity contribution is 7.08. The summed E-state index contributed by atoms with van der Waals surface area (Å²) >= 11 is 1.60. The molecule has 1 saturated heterocycles. The smallest absolute Gasteiger partial charge is 0.253 e. The summed E-state index contributed by atoms with van der Waals surface area (Å²) in [6, 6.07) is 9.48. The molecule has 1 N–H and O–H groups in total. The van der Waals surface area contributed by atoms with Crippen LogP contribution in [0.25, 0.3) is 6.08 Å². The molecule has 0 bridgehead atoms. The SMILES string of the molecule is O=C(/C=C/c1ccsc1)NCc1cccc(C(=O)N2CCCCC2)c1. The van der Waals surface area contributed by atoms with Gasteiger partial charge in [-0.25, -0.2) is 0 Å². The maximum absolute atomic E-state index is 12.6. The monoisotopic (exact) mass is 354 g/mol. The Morgan fingerprint density at radius 2 is 2.00 bits per heavy atom. The van der Waals surface area contributed by atoms with Crippen molar-refractivity contribution in [3.8, 4) is 0 Å². The highest BCUT2D eigenvalue weighted by Crippen LogP contribution is 2.14. The Morgan fingerprint density at radius 1 is 1.16 bits per heavy atom. The van der Waals surface area contributed by atoms with E-state index >= 15 is 0 Å². The fourth-order valence-corrected chi connectivity index (χ4v) is 3.51. The van der Waals surface area contributed by atoms with Gasteiger partial charge in [-0.05, 0) is 65.4 Å². The van der Waals surface area contributed by atoms with E-state index in [1.807, 2.05) is 46.0 Å². The number of carbonyl (C=O) groups excluding carboxylic acids is 2. The van der Waals surface area contributed by atoms with Crippen LogP contribution in [-0.4, -0.2) is 29.8 Å². The van der Waals surface area contributed by atoms with Gasteiger partial charge in [0.1, 0.15) is 0 Å². The Hall–Kier alpha value is -2.40. The second-order valence-corrected chi connectivity index (χ2v) is 6.94. The van der Waals surface area contributed by atoms with Crippen LogP contribution in [0.4, 0.5) is 0 Å². The number of piperidine rings is 1. The number of hydrogen-bond acceptors (Lipinski definition) is 3. The van der Waals surface area contributed by atoms with Gasteiger partial charge in [-0.2, -0.15) is 11.3 Å². The van der Waals surface area contributed by atoms with Crippen molar-refractivity contribution in [1.29, 1.82) is 0 Å². The predicted molar refractivity (Wildman–Crippen MR) is 101 cm³/mol. The van der Waals surface area contributed by atoms with E-state index in [2.05, 4.69) is 5.32 Å². The van der Waals surface area contributed by atoms with Crippen LogP contribution in [0, 0.1) is 0 Å². The number of rotatable bonds is 5. The molecule has 1 aromatic heterocycles. The standard InChI is InChI=1S/C20H22N2O2S/c23-19(8-7-16-9-12-25-15-16)21-14-17-5-4-6-18(13-17)20(24)22-10-2-1-3-11-22/h4-9,12-13,15H,1-3,10-11,14H2,(H,21,23)/b8-7+. The first kappa shape index (κ1) is 17.4. The minimum absolute atomic E-state index is 0.0882. The van der Waals surface area contributed by atoms with Crippen molar-refractivity contribution in [2.75, 3.05) is 13.1 Å². The summed E-state index contributed by atoms with van der Waals surface area (Å²) in [5.41, 5.74) is 2.65. The average Bonchev–Trinajstić information content (AvgIpc) is 3.19. The number of nitrogens with zero attached hydrogens (tertiary/aromatic N) is 1. The molecule has 1 aromatic carbocycles. The van der Waals surface area contributed by atoms with E-state index in [1.54, 1.807) is 17.4 Å². The summed E-state index contributed by atoms with van der Waals surface area (Å²) < 4.78 is 0. The van der Waals surface area contributed by atoms with Gasteiger partial charge < -0.3 is 10.2 Å². The predicted octanol–water partition coefficient (Wildman–Crippen LogP) is 3.70. The quantitative estimate of drug-likeness (QED) is 0.832. The molecule has 1 fully saturated rings. The van der Waals surface area contributed by atoms with Gasteiger partial charge in [0, 0.05) is 31.3 Å². The lowest BCUT2D eigenvalue weighted by Crippen LogP contribution is -2.35. The van der Waals surface area contributed by atoms with E-state index in [0.29, 0.717) is 12.1 Å². The molecule has 2 heterocycles. The van der Waals surface area contributed by atoms with Crippen molar-refractivity contribution in [3.05, 3.63) is 63.9 Å². The molecule has 0 unspecified atom stereocenters. The highest BCUT2D eigenvalue weighted by Gasteiger charge is 2.18. The second-order valence-electron chi connectivity index (χ2n) is 6.16. The van der Waals surface area contributed by atoms with Crippen LogP contribution < -0.4 is 5.32 Å². The molecule has 0 radical (unpaired) electrons. The summed E-state index contributed by atoms with van der Waals surface area (Å²) in [6.45, 7) is 2.09. The molecular weight excluding hydrogens is 332 g/mol. The van der Waals surface area contributed by atoms with E-state index in [1.165, 1.54) is 12.5 Å². The van der Waals surface area contributed by atoms with Crippen molar-refractivity contribution in [1.82, 2.24) is 10.2 Å². The molecule has 1 aliphatic rings. The van der Waals surface area contributed by atoms with Crippen LogP contribution >= 0.6 is 11.3 Å². The van der Waals surface area contributed by atoms with Gasteiger partial charge in [0.05, 0.1) is 0 Å². The van der Waals surface area contributed by atoms with E-state index in [-0.39, 0.29) is 11.8 Å². The van der Waals surface area contributed by atoms with Gasteiger partial charge in [0.25, 0.3) is 5.91 Å². The molecule has 1 aliphatic heterocycles. The summed E-state index contributed by atoms with van der Waals surface area (Å²) in [4.78, 5) is 26.4. The molecule has 0 saturated carbocycles. The van der Waals surface area contributed by atoms with Gasteiger partial charge in [0.15, 0.2) is 0 Å². The lowest BCUT2D eigenvalue weighted by Gasteiger charge is -2.26. The maximum Gasteiger partial charge on any atom is 0.253 e. The molecule has 130 valence electrons. The van der Waals surface area contributed by atoms with Gasteiger partial charge in [-0.15, -0.1) is 0 Å². The van der Waals surface area contributed by atoms with Crippen LogP contribution in [0.3, 0.4) is 0 Å². The van der Waals surface area contributed by atoms with E-state index < -0.39 is 0 Å². The van der Waals surface area contributed by atoms with Crippen LogP contribution in [0.2, 0.25) is 0 Å². The number of nitrogens with one attached hydrogen (secondary N) is 1. The fraction of sp³-hybridized carbons (Fsp3) is 0.300. The summed E-state index contributed by atoms with van der Waals surface area (Å²) in [5.74, 6) is -0.0517.